The number of ether oxygens (including phenoxy) is 2. The highest BCUT2D eigenvalue weighted by Crippen LogP contribution is 2.33. The van der Waals surface area contributed by atoms with Gasteiger partial charge in [0.05, 0.1) is 14.2 Å². The Kier molecular flexibility index (Phi) is 3.09. The van der Waals surface area contributed by atoms with Crippen molar-refractivity contribution in [2.45, 2.75) is 13.0 Å². The third kappa shape index (κ3) is 2.11. The Bertz CT molecular complexity index is 625. The first-order valence-electron chi connectivity index (χ1n) is 6.38. The van der Waals surface area contributed by atoms with Crippen LogP contribution in [0, 0.1) is 0 Å². The Hall–Kier alpha value is -2.44. The van der Waals surface area contributed by atoms with Crippen molar-refractivity contribution in [2.24, 2.45) is 0 Å². The van der Waals surface area contributed by atoms with Gasteiger partial charge in [-0.1, -0.05) is 0 Å². The summed E-state index contributed by atoms with van der Waals surface area (Å²) in [5.74, 6) is 2.46. The minimum Gasteiger partial charge on any atom is -0.493 e. The minimum absolute atomic E-state index is 0.332. The fourth-order valence-corrected chi connectivity index (χ4v) is 2.46. The molecule has 1 aromatic carbocycles. The van der Waals surface area contributed by atoms with E-state index in [1.807, 2.05) is 12.1 Å². The lowest BCUT2D eigenvalue weighted by Crippen LogP contribution is -2.31. The fraction of sp³-hybridized carbons (Fsp3) is 0.385. The molecule has 7 heteroatoms. The summed E-state index contributed by atoms with van der Waals surface area (Å²) >= 11 is 0. The highest BCUT2D eigenvalue weighted by molar-refractivity contribution is 5.51. The van der Waals surface area contributed by atoms with Gasteiger partial charge in [-0.05, 0) is 29.7 Å². The highest BCUT2D eigenvalue weighted by atomic mass is 16.5. The zero-order valence-electron chi connectivity index (χ0n) is 11.5. The van der Waals surface area contributed by atoms with Gasteiger partial charge in [-0.25, -0.2) is 5.10 Å². The van der Waals surface area contributed by atoms with E-state index < -0.39 is 0 Å². The van der Waals surface area contributed by atoms with Gasteiger partial charge in [0.25, 0.3) is 0 Å². The summed E-state index contributed by atoms with van der Waals surface area (Å²) in [4.78, 5) is 6.25. The number of fused-ring (bicyclic) bond motifs is 1. The maximum Gasteiger partial charge on any atom is 0.246 e. The molecule has 0 aliphatic carbocycles. The predicted molar refractivity (Wildman–Crippen MR) is 75.1 cm³/mol. The predicted octanol–water partition coefficient (Wildman–Crippen LogP) is 0.967. The van der Waals surface area contributed by atoms with Gasteiger partial charge in [-0.3, -0.25) is 0 Å². The Morgan fingerprint density at radius 2 is 1.90 bits per heavy atom. The summed E-state index contributed by atoms with van der Waals surface area (Å²) in [5.41, 5.74) is 8.03. The second-order valence-corrected chi connectivity index (χ2v) is 4.67. The zero-order chi connectivity index (χ0) is 14.1. The molecule has 1 aliphatic heterocycles. The van der Waals surface area contributed by atoms with Gasteiger partial charge in [0.15, 0.2) is 11.5 Å². The van der Waals surface area contributed by atoms with Gasteiger partial charge in [0.1, 0.15) is 0 Å². The molecule has 0 spiro atoms. The summed E-state index contributed by atoms with van der Waals surface area (Å²) in [5, 5.41) is 6.76. The van der Waals surface area contributed by atoms with Crippen LogP contribution in [0.4, 0.5) is 11.9 Å². The van der Waals surface area contributed by atoms with E-state index >= 15 is 0 Å². The van der Waals surface area contributed by atoms with Crippen LogP contribution in [0.1, 0.15) is 11.1 Å². The van der Waals surface area contributed by atoms with Gasteiger partial charge in [-0.15, -0.1) is 5.10 Å². The number of aromatic amines is 1. The van der Waals surface area contributed by atoms with Crippen LogP contribution < -0.4 is 20.1 Å². The summed E-state index contributed by atoms with van der Waals surface area (Å²) in [7, 11) is 3.29. The monoisotopic (exact) mass is 275 g/mol. The van der Waals surface area contributed by atoms with Crippen molar-refractivity contribution >= 4 is 11.9 Å². The number of nitrogens with one attached hydrogen (secondary N) is 1. The number of nitrogen functional groups attached to an aromatic ring is 1. The summed E-state index contributed by atoms with van der Waals surface area (Å²) < 4.78 is 10.7. The number of hydrogen-bond donors (Lipinski definition) is 2. The Balaban J connectivity index is 1.90. The van der Waals surface area contributed by atoms with Gasteiger partial charge in [0.2, 0.25) is 11.9 Å². The Morgan fingerprint density at radius 3 is 2.50 bits per heavy atom. The summed E-state index contributed by atoms with van der Waals surface area (Å²) in [6.07, 6.45) is 0.907. The lowest BCUT2D eigenvalue weighted by atomic mass is 9.99. The second-order valence-electron chi connectivity index (χ2n) is 4.67. The number of nitrogens with zero attached hydrogens (tertiary/aromatic N) is 3. The van der Waals surface area contributed by atoms with Gasteiger partial charge in [-0.2, -0.15) is 4.98 Å². The Morgan fingerprint density at radius 1 is 1.20 bits per heavy atom. The van der Waals surface area contributed by atoms with Gasteiger partial charge in [0, 0.05) is 13.1 Å². The van der Waals surface area contributed by atoms with Crippen molar-refractivity contribution in [2.75, 3.05) is 31.4 Å². The van der Waals surface area contributed by atoms with Crippen LogP contribution in [0.3, 0.4) is 0 Å². The first kappa shape index (κ1) is 12.6. The molecule has 0 amide bonds. The number of nitrogens with two attached hydrogens (primary N) is 1. The maximum atomic E-state index is 5.57. The van der Waals surface area contributed by atoms with Gasteiger partial charge >= 0.3 is 0 Å². The van der Waals surface area contributed by atoms with E-state index in [9.17, 15) is 0 Å². The molecule has 0 fully saturated rings. The first-order valence-corrected chi connectivity index (χ1v) is 6.38. The molecular formula is C13H17N5O2. The quantitative estimate of drug-likeness (QED) is 0.867. The molecule has 3 N–H and O–H groups in total. The normalized spacial score (nSPS) is 14.0. The average molecular weight is 275 g/mol. The van der Waals surface area contributed by atoms with Crippen molar-refractivity contribution in [3.63, 3.8) is 0 Å². The largest absolute Gasteiger partial charge is 0.493 e. The van der Waals surface area contributed by atoms with Crippen molar-refractivity contribution in [1.29, 1.82) is 0 Å². The molecule has 0 radical (unpaired) electrons. The van der Waals surface area contributed by atoms with Crippen molar-refractivity contribution in [3.05, 3.63) is 23.3 Å². The van der Waals surface area contributed by atoms with E-state index in [0.29, 0.717) is 11.9 Å². The average Bonchev–Trinajstić information content (AvgIpc) is 2.91. The molecule has 1 aromatic heterocycles. The Labute approximate surface area is 116 Å². The standard InChI is InChI=1S/C13H17N5O2/c1-19-10-5-8-3-4-18(13-15-12(14)16-17-13)7-9(8)6-11(10)20-2/h5-6H,3-4,7H2,1-2H3,(H3,14,15,16,17). The maximum absolute atomic E-state index is 5.57. The lowest BCUT2D eigenvalue weighted by Gasteiger charge is -2.28. The summed E-state index contributed by atoms with van der Waals surface area (Å²) in [6, 6.07) is 4.05. The molecular weight excluding hydrogens is 258 g/mol. The smallest absolute Gasteiger partial charge is 0.246 e. The van der Waals surface area contributed by atoms with Crippen LogP contribution >= 0.6 is 0 Å². The van der Waals surface area contributed by atoms with Gasteiger partial charge < -0.3 is 20.1 Å². The molecule has 3 rings (SSSR count). The lowest BCUT2D eigenvalue weighted by molar-refractivity contribution is 0.353. The molecule has 1 aliphatic rings. The van der Waals surface area contributed by atoms with Crippen molar-refractivity contribution in [1.82, 2.24) is 15.2 Å². The molecule has 2 heterocycles. The molecule has 0 saturated heterocycles. The number of anilines is 2. The fourth-order valence-electron chi connectivity index (χ4n) is 2.46. The number of aromatic nitrogens is 3. The highest BCUT2D eigenvalue weighted by Gasteiger charge is 2.21. The molecule has 0 bridgehead atoms. The van der Waals surface area contributed by atoms with Crippen LogP contribution in [0.5, 0.6) is 11.5 Å². The molecule has 0 saturated carbocycles. The molecule has 2 aromatic rings. The topological polar surface area (TPSA) is 89.3 Å². The third-order valence-corrected chi connectivity index (χ3v) is 3.49. The number of H-pyrrole nitrogens is 1. The number of methoxy groups -OCH3 is 2. The molecule has 7 nitrogen and oxygen atoms in total. The van der Waals surface area contributed by atoms with Crippen LogP contribution in [0.2, 0.25) is 0 Å². The van der Waals surface area contributed by atoms with Crippen LogP contribution in [-0.2, 0) is 13.0 Å². The van der Waals surface area contributed by atoms with E-state index in [1.165, 1.54) is 11.1 Å². The van der Waals surface area contributed by atoms with E-state index in [-0.39, 0.29) is 0 Å². The molecule has 20 heavy (non-hydrogen) atoms. The SMILES string of the molecule is COc1cc2c(cc1OC)CN(c1n[nH]c(N)n1)CC2. The molecule has 0 unspecified atom stereocenters. The zero-order valence-corrected chi connectivity index (χ0v) is 11.5. The van der Waals surface area contributed by atoms with E-state index in [0.717, 1.165) is 31.0 Å². The summed E-state index contributed by atoms with van der Waals surface area (Å²) in [6.45, 7) is 1.58. The molecule has 0 atom stereocenters. The number of hydrogen-bond acceptors (Lipinski definition) is 6. The number of rotatable bonds is 3. The van der Waals surface area contributed by atoms with E-state index in [4.69, 9.17) is 15.2 Å². The first-order chi connectivity index (χ1) is 9.71. The van der Waals surface area contributed by atoms with E-state index in [2.05, 4.69) is 20.1 Å². The number of benzene rings is 1. The van der Waals surface area contributed by atoms with Crippen LogP contribution in [-0.4, -0.2) is 35.9 Å². The van der Waals surface area contributed by atoms with Crippen LogP contribution in [0.15, 0.2) is 12.1 Å². The third-order valence-electron chi connectivity index (χ3n) is 3.49. The second kappa shape index (κ2) is 4.92. The van der Waals surface area contributed by atoms with Crippen molar-refractivity contribution < 1.29 is 9.47 Å². The molecule has 106 valence electrons. The van der Waals surface area contributed by atoms with E-state index in [1.54, 1.807) is 14.2 Å². The minimum atomic E-state index is 0.332. The van der Waals surface area contributed by atoms with Crippen molar-refractivity contribution in [3.8, 4) is 11.5 Å². The van der Waals surface area contributed by atoms with Crippen LogP contribution in [0.25, 0.3) is 0 Å².